The maximum absolute atomic E-state index is 6.40. The van der Waals surface area contributed by atoms with E-state index in [1.807, 2.05) is 25.1 Å². The Morgan fingerprint density at radius 2 is 2.00 bits per heavy atom. The second kappa shape index (κ2) is 5.93. The van der Waals surface area contributed by atoms with Crippen molar-refractivity contribution < 1.29 is 9.15 Å². The van der Waals surface area contributed by atoms with Gasteiger partial charge in [-0.15, -0.1) is 0 Å². The molecule has 0 aliphatic heterocycles. The third kappa shape index (κ3) is 2.82. The Hall–Kier alpha value is -1.74. The number of rotatable bonds is 5. The summed E-state index contributed by atoms with van der Waals surface area (Å²) in [5.74, 6) is 1.79. The highest BCUT2D eigenvalue weighted by atomic mass is 16.5. The molecule has 0 saturated heterocycles. The normalized spacial score (nSPS) is 12.4. The van der Waals surface area contributed by atoms with Crippen LogP contribution in [0.4, 0.5) is 0 Å². The largest absolute Gasteiger partial charge is 0.494 e. The van der Waals surface area contributed by atoms with Gasteiger partial charge in [0.2, 0.25) is 0 Å². The Labute approximate surface area is 114 Å². The van der Waals surface area contributed by atoms with E-state index in [0.29, 0.717) is 6.61 Å². The highest BCUT2D eigenvalue weighted by Crippen LogP contribution is 2.31. The molecule has 0 fully saturated rings. The van der Waals surface area contributed by atoms with E-state index in [2.05, 4.69) is 19.9 Å². The molecule has 2 rings (SSSR count). The fraction of sp³-hybridized carbons (Fsp3) is 0.375. The zero-order valence-electron chi connectivity index (χ0n) is 11.8. The van der Waals surface area contributed by atoms with Crippen LogP contribution in [0.5, 0.6) is 5.75 Å². The van der Waals surface area contributed by atoms with Crippen molar-refractivity contribution in [3.05, 3.63) is 53.0 Å². The van der Waals surface area contributed by atoms with Crippen molar-refractivity contribution in [3.8, 4) is 5.75 Å². The molecule has 1 aromatic carbocycles. The summed E-state index contributed by atoms with van der Waals surface area (Å²) >= 11 is 0. The van der Waals surface area contributed by atoms with Crippen LogP contribution in [-0.2, 0) is 6.42 Å². The van der Waals surface area contributed by atoms with Crippen molar-refractivity contribution in [1.29, 1.82) is 0 Å². The monoisotopic (exact) mass is 259 g/mol. The van der Waals surface area contributed by atoms with Crippen LogP contribution in [0.25, 0.3) is 0 Å². The summed E-state index contributed by atoms with van der Waals surface area (Å²) in [6, 6.07) is 7.84. The first-order valence-corrected chi connectivity index (χ1v) is 6.72. The van der Waals surface area contributed by atoms with E-state index in [1.165, 1.54) is 5.56 Å². The number of hydrogen-bond acceptors (Lipinski definition) is 3. The lowest BCUT2D eigenvalue weighted by Gasteiger charge is -2.17. The first-order chi connectivity index (χ1) is 9.17. The maximum atomic E-state index is 6.40. The van der Waals surface area contributed by atoms with E-state index >= 15 is 0 Å². The molecule has 3 heteroatoms. The lowest BCUT2D eigenvalue weighted by atomic mass is 9.97. The molecule has 1 atom stereocenters. The van der Waals surface area contributed by atoms with Crippen molar-refractivity contribution in [1.82, 2.24) is 0 Å². The van der Waals surface area contributed by atoms with E-state index in [-0.39, 0.29) is 6.04 Å². The predicted molar refractivity (Wildman–Crippen MR) is 76.5 cm³/mol. The van der Waals surface area contributed by atoms with Crippen LogP contribution < -0.4 is 10.5 Å². The zero-order valence-corrected chi connectivity index (χ0v) is 11.8. The van der Waals surface area contributed by atoms with E-state index in [1.54, 1.807) is 6.26 Å². The Morgan fingerprint density at radius 1 is 1.21 bits per heavy atom. The number of aryl methyl sites for hydroxylation is 2. The summed E-state index contributed by atoms with van der Waals surface area (Å²) in [5.41, 5.74) is 9.62. The standard InChI is InChI=1S/C16H21NO2/c1-4-14-12(8-9-19-14)16(17)13-10-11(3)6-7-15(13)18-5-2/h6-10,16H,4-5,17H2,1-3H3. The van der Waals surface area contributed by atoms with Crippen molar-refractivity contribution >= 4 is 0 Å². The van der Waals surface area contributed by atoms with Gasteiger partial charge in [-0.05, 0) is 26.0 Å². The first-order valence-electron chi connectivity index (χ1n) is 6.72. The van der Waals surface area contributed by atoms with Gasteiger partial charge in [0.15, 0.2) is 0 Å². The first kappa shape index (κ1) is 13.7. The molecular weight excluding hydrogens is 238 g/mol. The predicted octanol–water partition coefficient (Wildman–Crippen LogP) is 3.60. The quantitative estimate of drug-likeness (QED) is 0.892. The second-order valence-electron chi connectivity index (χ2n) is 4.60. The number of benzene rings is 1. The summed E-state index contributed by atoms with van der Waals surface area (Å²) in [4.78, 5) is 0. The van der Waals surface area contributed by atoms with Crippen molar-refractivity contribution in [3.63, 3.8) is 0 Å². The van der Waals surface area contributed by atoms with E-state index in [9.17, 15) is 0 Å². The lowest BCUT2D eigenvalue weighted by Crippen LogP contribution is -2.14. The molecule has 2 N–H and O–H groups in total. The SMILES string of the molecule is CCOc1ccc(C)cc1C(N)c1ccoc1CC. The van der Waals surface area contributed by atoms with Crippen molar-refractivity contribution in [2.24, 2.45) is 5.73 Å². The molecule has 0 bridgehead atoms. The molecule has 3 nitrogen and oxygen atoms in total. The van der Waals surface area contributed by atoms with Gasteiger partial charge in [0.1, 0.15) is 11.5 Å². The second-order valence-corrected chi connectivity index (χ2v) is 4.60. The highest BCUT2D eigenvalue weighted by molar-refractivity contribution is 5.44. The number of hydrogen-bond donors (Lipinski definition) is 1. The molecule has 0 radical (unpaired) electrons. The zero-order chi connectivity index (χ0) is 13.8. The molecular formula is C16H21NO2. The van der Waals surface area contributed by atoms with E-state index in [0.717, 1.165) is 29.1 Å². The van der Waals surface area contributed by atoms with E-state index < -0.39 is 0 Å². The Morgan fingerprint density at radius 3 is 2.68 bits per heavy atom. The van der Waals surface area contributed by atoms with Crippen LogP contribution in [0.1, 0.15) is 42.3 Å². The van der Waals surface area contributed by atoms with Gasteiger partial charge >= 0.3 is 0 Å². The minimum Gasteiger partial charge on any atom is -0.494 e. The molecule has 0 amide bonds. The maximum Gasteiger partial charge on any atom is 0.124 e. The molecule has 2 aromatic rings. The topological polar surface area (TPSA) is 48.4 Å². The number of ether oxygens (including phenoxy) is 1. The molecule has 19 heavy (non-hydrogen) atoms. The van der Waals surface area contributed by atoms with Gasteiger partial charge in [0, 0.05) is 17.5 Å². The number of nitrogens with two attached hydrogens (primary N) is 1. The average molecular weight is 259 g/mol. The summed E-state index contributed by atoms with van der Waals surface area (Å²) in [6.07, 6.45) is 2.54. The minimum absolute atomic E-state index is 0.213. The molecule has 0 spiro atoms. The highest BCUT2D eigenvalue weighted by Gasteiger charge is 2.18. The Bertz CT molecular complexity index is 545. The molecule has 1 unspecified atom stereocenters. The molecule has 102 valence electrons. The molecule has 0 saturated carbocycles. The van der Waals surface area contributed by atoms with Gasteiger partial charge < -0.3 is 14.9 Å². The van der Waals surface area contributed by atoms with Crippen LogP contribution in [0.3, 0.4) is 0 Å². The molecule has 0 aliphatic carbocycles. The van der Waals surface area contributed by atoms with Crippen LogP contribution in [0.2, 0.25) is 0 Å². The lowest BCUT2D eigenvalue weighted by molar-refractivity contribution is 0.335. The number of furan rings is 1. The van der Waals surface area contributed by atoms with Gasteiger partial charge in [-0.25, -0.2) is 0 Å². The third-order valence-electron chi connectivity index (χ3n) is 3.24. The fourth-order valence-electron chi connectivity index (χ4n) is 2.28. The van der Waals surface area contributed by atoms with Crippen molar-refractivity contribution in [2.45, 2.75) is 33.2 Å². The van der Waals surface area contributed by atoms with Crippen molar-refractivity contribution in [2.75, 3.05) is 6.61 Å². The summed E-state index contributed by atoms with van der Waals surface area (Å²) < 4.78 is 11.1. The summed E-state index contributed by atoms with van der Waals surface area (Å²) in [5, 5.41) is 0. The van der Waals surface area contributed by atoms with E-state index in [4.69, 9.17) is 14.9 Å². The van der Waals surface area contributed by atoms with Gasteiger partial charge in [-0.1, -0.05) is 24.6 Å². The molecule has 0 aliphatic rings. The van der Waals surface area contributed by atoms with Crippen LogP contribution in [-0.4, -0.2) is 6.61 Å². The molecule has 1 heterocycles. The van der Waals surface area contributed by atoms with Gasteiger partial charge in [-0.2, -0.15) is 0 Å². The smallest absolute Gasteiger partial charge is 0.124 e. The van der Waals surface area contributed by atoms with Gasteiger partial charge in [0.05, 0.1) is 18.9 Å². The van der Waals surface area contributed by atoms with Gasteiger partial charge in [-0.3, -0.25) is 0 Å². The van der Waals surface area contributed by atoms with Gasteiger partial charge in [0.25, 0.3) is 0 Å². The average Bonchev–Trinajstić information content (AvgIpc) is 2.88. The van der Waals surface area contributed by atoms with Crippen LogP contribution in [0, 0.1) is 6.92 Å². The minimum atomic E-state index is -0.213. The Balaban J connectivity index is 2.42. The molecule has 1 aromatic heterocycles. The summed E-state index contributed by atoms with van der Waals surface area (Å²) in [6.45, 7) is 6.73. The summed E-state index contributed by atoms with van der Waals surface area (Å²) in [7, 11) is 0. The van der Waals surface area contributed by atoms with Crippen LogP contribution >= 0.6 is 0 Å². The third-order valence-corrected chi connectivity index (χ3v) is 3.24. The fourth-order valence-corrected chi connectivity index (χ4v) is 2.28. The van der Waals surface area contributed by atoms with Crippen LogP contribution in [0.15, 0.2) is 34.9 Å². The Kier molecular flexibility index (Phi) is 4.27.